The van der Waals surface area contributed by atoms with Crippen LogP contribution in [0.4, 0.5) is 4.79 Å². The van der Waals surface area contributed by atoms with Gasteiger partial charge in [-0.25, -0.2) is 4.79 Å². The highest BCUT2D eigenvalue weighted by molar-refractivity contribution is 6.30. The maximum atomic E-state index is 12.2. The van der Waals surface area contributed by atoms with Gasteiger partial charge in [-0.2, -0.15) is 0 Å². The molecule has 0 aromatic heterocycles. The molecule has 1 aliphatic rings. The monoisotopic (exact) mass is 395 g/mol. The molecule has 150 valence electrons. The molecular weight excluding hydrogens is 366 g/mol. The molecule has 7 heteroatoms. The molecule has 27 heavy (non-hydrogen) atoms. The maximum absolute atomic E-state index is 12.2. The van der Waals surface area contributed by atoms with E-state index in [2.05, 4.69) is 24.5 Å². The van der Waals surface area contributed by atoms with Crippen molar-refractivity contribution in [2.75, 3.05) is 19.6 Å². The lowest BCUT2D eigenvalue weighted by molar-refractivity contribution is -0.139. The second-order valence-electron chi connectivity index (χ2n) is 7.54. The Balaban J connectivity index is 1.77. The molecule has 0 heterocycles. The zero-order chi connectivity index (χ0) is 20.0. The SMILES string of the molecule is CCN(CC(=O)O)C1CC(NC(=O)NCC(c2ccc(Cl)cc2)C(C)C)C1. The second-order valence-corrected chi connectivity index (χ2v) is 7.97. The summed E-state index contributed by atoms with van der Waals surface area (Å²) < 4.78 is 0. The zero-order valence-corrected chi connectivity index (χ0v) is 17.0. The van der Waals surface area contributed by atoms with Crippen LogP contribution in [-0.2, 0) is 4.79 Å². The summed E-state index contributed by atoms with van der Waals surface area (Å²) in [4.78, 5) is 25.1. The van der Waals surface area contributed by atoms with Gasteiger partial charge < -0.3 is 15.7 Å². The molecule has 0 bridgehead atoms. The molecule has 1 atom stereocenters. The fourth-order valence-corrected chi connectivity index (χ4v) is 3.69. The van der Waals surface area contributed by atoms with Gasteiger partial charge in [-0.05, 0) is 43.0 Å². The molecule has 1 saturated carbocycles. The van der Waals surface area contributed by atoms with Gasteiger partial charge in [-0.15, -0.1) is 0 Å². The normalized spacial score (nSPS) is 20.2. The summed E-state index contributed by atoms with van der Waals surface area (Å²) in [6.45, 7) is 7.54. The fourth-order valence-electron chi connectivity index (χ4n) is 3.56. The third kappa shape index (κ3) is 6.40. The van der Waals surface area contributed by atoms with E-state index in [-0.39, 0.29) is 30.6 Å². The summed E-state index contributed by atoms with van der Waals surface area (Å²) in [5.41, 5.74) is 1.16. The van der Waals surface area contributed by atoms with E-state index >= 15 is 0 Å². The number of hydrogen-bond donors (Lipinski definition) is 3. The van der Waals surface area contributed by atoms with E-state index in [4.69, 9.17) is 16.7 Å². The van der Waals surface area contributed by atoms with Gasteiger partial charge in [-0.3, -0.25) is 9.69 Å². The highest BCUT2D eigenvalue weighted by atomic mass is 35.5. The van der Waals surface area contributed by atoms with Crippen LogP contribution in [0.3, 0.4) is 0 Å². The molecule has 0 aliphatic heterocycles. The molecule has 1 unspecified atom stereocenters. The van der Waals surface area contributed by atoms with Crippen LogP contribution in [-0.4, -0.2) is 53.7 Å². The summed E-state index contributed by atoms with van der Waals surface area (Å²) in [7, 11) is 0. The van der Waals surface area contributed by atoms with Crippen molar-refractivity contribution in [1.82, 2.24) is 15.5 Å². The van der Waals surface area contributed by atoms with Gasteiger partial charge in [0.1, 0.15) is 0 Å². The largest absolute Gasteiger partial charge is 0.480 e. The van der Waals surface area contributed by atoms with Gasteiger partial charge in [0.05, 0.1) is 6.54 Å². The highest BCUT2D eigenvalue weighted by Gasteiger charge is 2.34. The Morgan fingerprint density at radius 3 is 2.41 bits per heavy atom. The van der Waals surface area contributed by atoms with Gasteiger partial charge in [0.25, 0.3) is 0 Å². The number of benzene rings is 1. The first kappa shape index (κ1) is 21.5. The predicted molar refractivity (Wildman–Crippen MR) is 107 cm³/mol. The summed E-state index contributed by atoms with van der Waals surface area (Å²) in [6.07, 6.45) is 1.58. The van der Waals surface area contributed by atoms with E-state index in [1.54, 1.807) is 0 Å². The van der Waals surface area contributed by atoms with Crippen LogP contribution in [0, 0.1) is 5.92 Å². The summed E-state index contributed by atoms with van der Waals surface area (Å²) in [5.74, 6) is -0.213. The number of aliphatic carboxylic acids is 1. The minimum absolute atomic E-state index is 0.0528. The van der Waals surface area contributed by atoms with E-state index < -0.39 is 5.97 Å². The molecule has 2 amide bonds. The summed E-state index contributed by atoms with van der Waals surface area (Å²) >= 11 is 5.96. The number of nitrogens with zero attached hydrogens (tertiary/aromatic N) is 1. The van der Waals surface area contributed by atoms with Crippen molar-refractivity contribution in [2.45, 2.75) is 51.6 Å². The average Bonchev–Trinajstić information content (AvgIpc) is 2.57. The molecular formula is C20H30ClN3O3. The highest BCUT2D eigenvalue weighted by Crippen LogP contribution is 2.26. The van der Waals surface area contributed by atoms with Gasteiger partial charge in [0, 0.05) is 29.6 Å². The van der Waals surface area contributed by atoms with Crippen LogP contribution in [0.2, 0.25) is 5.02 Å². The van der Waals surface area contributed by atoms with E-state index in [0.717, 1.165) is 18.4 Å². The number of carboxylic acids is 1. The number of rotatable bonds is 9. The zero-order valence-electron chi connectivity index (χ0n) is 16.2. The minimum Gasteiger partial charge on any atom is -0.480 e. The van der Waals surface area contributed by atoms with Crippen molar-refractivity contribution in [3.05, 3.63) is 34.9 Å². The van der Waals surface area contributed by atoms with E-state index in [1.807, 2.05) is 36.1 Å². The number of carboxylic acid groups (broad SMARTS) is 1. The average molecular weight is 396 g/mol. The Bertz CT molecular complexity index is 630. The van der Waals surface area contributed by atoms with Gasteiger partial charge in [0.2, 0.25) is 0 Å². The van der Waals surface area contributed by atoms with Gasteiger partial charge in [-0.1, -0.05) is 44.5 Å². The maximum Gasteiger partial charge on any atom is 0.317 e. The lowest BCUT2D eigenvalue weighted by Gasteiger charge is -2.42. The van der Waals surface area contributed by atoms with Crippen LogP contribution >= 0.6 is 11.6 Å². The van der Waals surface area contributed by atoms with Gasteiger partial charge in [0.15, 0.2) is 0 Å². The number of urea groups is 1. The molecule has 1 aromatic rings. The van der Waals surface area contributed by atoms with Crippen molar-refractivity contribution >= 4 is 23.6 Å². The van der Waals surface area contributed by atoms with Crippen molar-refractivity contribution in [3.8, 4) is 0 Å². The van der Waals surface area contributed by atoms with Crippen LogP contribution < -0.4 is 10.6 Å². The quantitative estimate of drug-likeness (QED) is 0.599. The van der Waals surface area contributed by atoms with Crippen LogP contribution in [0.5, 0.6) is 0 Å². The number of likely N-dealkylation sites (N-methyl/N-ethyl adjacent to an activating group) is 1. The van der Waals surface area contributed by atoms with E-state index in [9.17, 15) is 9.59 Å². The third-order valence-corrected chi connectivity index (χ3v) is 5.55. The van der Waals surface area contributed by atoms with Gasteiger partial charge >= 0.3 is 12.0 Å². The molecule has 1 aromatic carbocycles. The van der Waals surface area contributed by atoms with E-state index in [1.165, 1.54) is 0 Å². The molecule has 1 fully saturated rings. The number of nitrogens with one attached hydrogen (secondary N) is 2. The van der Waals surface area contributed by atoms with E-state index in [0.29, 0.717) is 24.0 Å². The Hall–Kier alpha value is -1.79. The molecule has 0 saturated heterocycles. The third-order valence-electron chi connectivity index (χ3n) is 5.29. The summed E-state index contributed by atoms with van der Waals surface area (Å²) in [5, 5.41) is 15.6. The standard InChI is InChI=1S/C20H30ClN3O3/c1-4-24(12-19(25)26)17-9-16(10-17)23-20(27)22-11-18(13(2)3)14-5-7-15(21)8-6-14/h5-8,13,16-18H,4,9-12H2,1-3H3,(H,25,26)(H2,22,23,27). The topological polar surface area (TPSA) is 81.7 Å². The van der Waals surface area contributed by atoms with Crippen LogP contribution in [0.25, 0.3) is 0 Å². The first-order valence-electron chi connectivity index (χ1n) is 9.55. The smallest absolute Gasteiger partial charge is 0.317 e. The predicted octanol–water partition coefficient (Wildman–Crippen LogP) is 3.32. The minimum atomic E-state index is -0.812. The first-order valence-corrected chi connectivity index (χ1v) is 9.93. The Labute approximate surface area is 166 Å². The number of amides is 2. The first-order chi connectivity index (χ1) is 12.8. The number of hydrogen-bond acceptors (Lipinski definition) is 3. The second kappa shape index (κ2) is 9.95. The van der Waals surface area contributed by atoms with Crippen molar-refractivity contribution in [2.24, 2.45) is 5.92 Å². The number of carbonyl (C=O) groups is 2. The Kier molecular flexibility index (Phi) is 7.92. The lowest BCUT2D eigenvalue weighted by Crippen LogP contribution is -2.56. The number of halogens is 1. The van der Waals surface area contributed by atoms with Crippen LogP contribution in [0.1, 0.15) is 45.1 Å². The lowest BCUT2D eigenvalue weighted by atomic mass is 9.85. The molecule has 0 radical (unpaired) electrons. The molecule has 0 spiro atoms. The Morgan fingerprint density at radius 2 is 1.89 bits per heavy atom. The van der Waals surface area contributed by atoms with Crippen molar-refractivity contribution < 1.29 is 14.7 Å². The molecule has 6 nitrogen and oxygen atoms in total. The van der Waals surface area contributed by atoms with Crippen molar-refractivity contribution in [1.29, 1.82) is 0 Å². The Morgan fingerprint density at radius 1 is 1.26 bits per heavy atom. The van der Waals surface area contributed by atoms with Crippen molar-refractivity contribution in [3.63, 3.8) is 0 Å². The molecule has 1 aliphatic carbocycles. The fraction of sp³-hybridized carbons (Fsp3) is 0.600. The molecule has 3 N–H and O–H groups in total. The molecule has 2 rings (SSSR count). The van der Waals surface area contributed by atoms with Crippen LogP contribution in [0.15, 0.2) is 24.3 Å². The number of carbonyl (C=O) groups excluding carboxylic acids is 1. The summed E-state index contributed by atoms with van der Waals surface area (Å²) in [6, 6.07) is 7.92.